The number of nitrogens with zero attached hydrogens (tertiary/aromatic N) is 3. The fourth-order valence-electron chi connectivity index (χ4n) is 2.60. The van der Waals surface area contributed by atoms with Crippen LogP contribution in [0.5, 0.6) is 0 Å². The van der Waals surface area contributed by atoms with Crippen LogP contribution in [-0.2, 0) is 4.79 Å². The van der Waals surface area contributed by atoms with Gasteiger partial charge < -0.3 is 10.0 Å². The number of rotatable bonds is 3. The zero-order valence-electron chi connectivity index (χ0n) is 12.4. The zero-order chi connectivity index (χ0) is 15.6. The van der Waals surface area contributed by atoms with Gasteiger partial charge in [-0.25, -0.2) is 9.97 Å². The van der Waals surface area contributed by atoms with Gasteiger partial charge in [-0.15, -0.1) is 11.8 Å². The second-order valence-corrected chi connectivity index (χ2v) is 5.96. The third-order valence-corrected chi connectivity index (χ3v) is 4.32. The Kier molecular flexibility index (Phi) is 4.82. The van der Waals surface area contributed by atoms with Gasteiger partial charge in [0.15, 0.2) is 0 Å². The van der Waals surface area contributed by atoms with Crippen molar-refractivity contribution in [3.8, 4) is 0 Å². The molecule has 1 aromatic heterocycles. The van der Waals surface area contributed by atoms with Crippen LogP contribution in [0.3, 0.4) is 0 Å². The molecule has 7 heteroatoms. The van der Waals surface area contributed by atoms with E-state index in [2.05, 4.69) is 9.97 Å². The molecule has 1 N–H and O–H groups in total. The molecular weight excluding hydrogens is 290 g/mol. The van der Waals surface area contributed by atoms with Crippen LogP contribution >= 0.6 is 11.8 Å². The molecular formula is C14H19N3O3S. The van der Waals surface area contributed by atoms with E-state index in [0.717, 1.165) is 0 Å². The molecule has 1 saturated heterocycles. The number of aliphatic carboxylic acids is 1. The number of piperidine rings is 1. The molecule has 1 aromatic rings. The Morgan fingerprint density at radius 3 is 2.67 bits per heavy atom. The highest BCUT2D eigenvalue weighted by Crippen LogP contribution is 2.25. The van der Waals surface area contributed by atoms with Gasteiger partial charge in [0.25, 0.3) is 5.91 Å². The van der Waals surface area contributed by atoms with E-state index in [9.17, 15) is 9.59 Å². The van der Waals surface area contributed by atoms with Crippen LogP contribution in [0.1, 0.15) is 34.7 Å². The number of carbonyl (C=O) groups excluding carboxylic acids is 1. The van der Waals surface area contributed by atoms with E-state index in [1.54, 1.807) is 18.7 Å². The predicted molar refractivity (Wildman–Crippen MR) is 79.6 cm³/mol. The average Bonchev–Trinajstić information content (AvgIpc) is 2.45. The normalized spacial score (nSPS) is 18.6. The lowest BCUT2D eigenvalue weighted by molar-refractivity contribution is -0.143. The van der Waals surface area contributed by atoms with E-state index in [4.69, 9.17) is 5.11 Å². The summed E-state index contributed by atoms with van der Waals surface area (Å²) in [5.41, 5.74) is 1.15. The lowest BCUT2D eigenvalue weighted by atomic mass is 9.97. The molecule has 0 saturated carbocycles. The number of thioether (sulfide) groups is 1. The Labute approximate surface area is 128 Å². The van der Waals surface area contributed by atoms with E-state index in [0.29, 0.717) is 41.5 Å². The lowest BCUT2D eigenvalue weighted by Gasteiger charge is -2.31. The molecule has 1 aliphatic rings. The molecule has 2 rings (SSSR count). The van der Waals surface area contributed by atoms with E-state index >= 15 is 0 Å². The van der Waals surface area contributed by atoms with Gasteiger partial charge in [-0.3, -0.25) is 9.59 Å². The second-order valence-electron chi connectivity index (χ2n) is 5.17. The molecule has 21 heavy (non-hydrogen) atoms. The Hall–Kier alpha value is -1.63. The van der Waals surface area contributed by atoms with Crippen LogP contribution in [0.2, 0.25) is 0 Å². The molecule has 0 radical (unpaired) electrons. The number of hydrogen-bond acceptors (Lipinski definition) is 5. The van der Waals surface area contributed by atoms with Crippen molar-refractivity contribution in [3.63, 3.8) is 0 Å². The smallest absolute Gasteiger partial charge is 0.308 e. The number of amides is 1. The Bertz CT molecular complexity index is 577. The minimum atomic E-state index is -0.838. The highest BCUT2D eigenvalue weighted by molar-refractivity contribution is 7.98. The lowest BCUT2D eigenvalue weighted by Crippen LogP contribution is -2.42. The van der Waals surface area contributed by atoms with Crippen LogP contribution in [0, 0.1) is 19.8 Å². The number of aryl methyl sites for hydroxylation is 2. The number of likely N-dealkylation sites (tertiary alicyclic amines) is 1. The van der Waals surface area contributed by atoms with E-state index in [-0.39, 0.29) is 12.5 Å². The Morgan fingerprint density at radius 1 is 1.33 bits per heavy atom. The quantitative estimate of drug-likeness (QED) is 0.676. The first-order chi connectivity index (χ1) is 9.93. The van der Waals surface area contributed by atoms with E-state index in [1.807, 2.05) is 6.26 Å². The summed E-state index contributed by atoms with van der Waals surface area (Å²) in [4.78, 5) is 34.0. The minimum Gasteiger partial charge on any atom is -0.481 e. The SMILES string of the molecule is CSc1nc(C)nc(C)c1C(=O)N1CCCC(C(=O)O)C1. The van der Waals surface area contributed by atoms with Crippen molar-refractivity contribution < 1.29 is 14.7 Å². The molecule has 1 amide bonds. The summed E-state index contributed by atoms with van der Waals surface area (Å²) in [7, 11) is 0. The van der Waals surface area contributed by atoms with Crippen LogP contribution in [0.15, 0.2) is 5.03 Å². The number of carbonyl (C=O) groups is 2. The maximum atomic E-state index is 12.7. The minimum absolute atomic E-state index is 0.164. The van der Waals surface area contributed by atoms with Gasteiger partial charge in [-0.05, 0) is 32.9 Å². The molecule has 0 aliphatic carbocycles. The summed E-state index contributed by atoms with van der Waals surface area (Å²) in [5.74, 6) is -0.847. The largest absolute Gasteiger partial charge is 0.481 e. The number of aromatic nitrogens is 2. The first-order valence-corrected chi connectivity index (χ1v) is 8.07. The van der Waals surface area contributed by atoms with Gasteiger partial charge in [0.2, 0.25) is 0 Å². The van der Waals surface area contributed by atoms with Crippen molar-refractivity contribution in [3.05, 3.63) is 17.1 Å². The monoisotopic (exact) mass is 309 g/mol. The third-order valence-electron chi connectivity index (χ3n) is 3.63. The van der Waals surface area contributed by atoms with Crippen molar-refractivity contribution in [2.45, 2.75) is 31.7 Å². The fourth-order valence-corrected chi connectivity index (χ4v) is 3.26. The number of carboxylic acids is 1. The van der Waals surface area contributed by atoms with Crippen molar-refractivity contribution in [2.24, 2.45) is 5.92 Å². The van der Waals surface area contributed by atoms with Crippen molar-refractivity contribution in [1.82, 2.24) is 14.9 Å². The molecule has 6 nitrogen and oxygen atoms in total. The molecule has 1 aliphatic heterocycles. The molecule has 1 atom stereocenters. The summed E-state index contributed by atoms with van der Waals surface area (Å²) < 4.78 is 0. The van der Waals surface area contributed by atoms with E-state index < -0.39 is 11.9 Å². The molecule has 114 valence electrons. The van der Waals surface area contributed by atoms with Crippen LogP contribution in [0.25, 0.3) is 0 Å². The predicted octanol–water partition coefficient (Wildman–Crippen LogP) is 1.75. The standard InChI is InChI=1S/C14H19N3O3S/c1-8-11(12(21-3)16-9(2)15-8)13(18)17-6-4-5-10(7-17)14(19)20/h10H,4-7H2,1-3H3,(H,19,20). The van der Waals surface area contributed by atoms with Crippen molar-refractivity contribution in [1.29, 1.82) is 0 Å². The molecule has 0 bridgehead atoms. The summed E-state index contributed by atoms with van der Waals surface area (Å²) in [6, 6.07) is 0. The van der Waals surface area contributed by atoms with Gasteiger partial charge in [-0.2, -0.15) is 0 Å². The first-order valence-electron chi connectivity index (χ1n) is 6.85. The fraction of sp³-hybridized carbons (Fsp3) is 0.571. The molecule has 0 aromatic carbocycles. The summed E-state index contributed by atoms with van der Waals surface area (Å²) >= 11 is 1.41. The topological polar surface area (TPSA) is 83.4 Å². The highest BCUT2D eigenvalue weighted by atomic mass is 32.2. The van der Waals surface area contributed by atoms with Crippen LogP contribution in [-0.4, -0.2) is 51.2 Å². The summed E-state index contributed by atoms with van der Waals surface area (Å²) in [6.45, 7) is 4.43. The maximum absolute atomic E-state index is 12.7. The third kappa shape index (κ3) is 3.34. The van der Waals surface area contributed by atoms with Gasteiger partial charge in [0, 0.05) is 13.1 Å². The molecule has 2 heterocycles. The van der Waals surface area contributed by atoms with Crippen molar-refractivity contribution >= 4 is 23.6 Å². The Balaban J connectivity index is 2.29. The number of carboxylic acid groups (broad SMARTS) is 1. The van der Waals surface area contributed by atoms with Gasteiger partial charge in [-0.1, -0.05) is 0 Å². The van der Waals surface area contributed by atoms with Gasteiger partial charge >= 0.3 is 5.97 Å². The molecule has 1 unspecified atom stereocenters. The number of hydrogen-bond donors (Lipinski definition) is 1. The zero-order valence-corrected chi connectivity index (χ0v) is 13.2. The van der Waals surface area contributed by atoms with Crippen molar-refractivity contribution in [2.75, 3.05) is 19.3 Å². The van der Waals surface area contributed by atoms with Crippen LogP contribution < -0.4 is 0 Å². The van der Waals surface area contributed by atoms with Crippen LogP contribution in [0.4, 0.5) is 0 Å². The summed E-state index contributed by atoms with van der Waals surface area (Å²) in [6.07, 6.45) is 3.20. The Morgan fingerprint density at radius 2 is 2.05 bits per heavy atom. The van der Waals surface area contributed by atoms with E-state index in [1.165, 1.54) is 11.8 Å². The molecule has 1 fully saturated rings. The highest BCUT2D eigenvalue weighted by Gasteiger charge is 2.30. The maximum Gasteiger partial charge on any atom is 0.308 e. The average molecular weight is 309 g/mol. The summed E-state index contributed by atoms with van der Waals surface area (Å²) in [5, 5.41) is 9.79. The van der Waals surface area contributed by atoms with Gasteiger partial charge in [0.1, 0.15) is 10.9 Å². The first kappa shape index (κ1) is 15.8. The molecule has 0 spiro atoms. The van der Waals surface area contributed by atoms with Gasteiger partial charge in [0.05, 0.1) is 17.2 Å². The second kappa shape index (κ2) is 6.43.